The van der Waals surface area contributed by atoms with Crippen LogP contribution in [0.25, 0.3) is 0 Å². The first kappa shape index (κ1) is 20.9. The normalized spacial score (nSPS) is 16.3. The highest BCUT2D eigenvalue weighted by Crippen LogP contribution is 2.36. The number of fused-ring (bicyclic) bond motifs is 1. The number of esters is 1. The average Bonchev–Trinajstić information content (AvgIpc) is 2.72. The standard InChI is InChI=1S/C22H24N2O4S/c1-15(11-12-16-7-3-2-4-8-16)23-20(25)14-28-21(26)13-19-22(27)24-17-9-5-6-10-18(17)29-19/h2-10,15,19H,11-14H2,1H3,(H,23,25)(H,24,27)/t15-,19+/m0/s1. The minimum absolute atomic E-state index is 0.0300. The Labute approximate surface area is 174 Å². The molecule has 2 amide bonds. The lowest BCUT2D eigenvalue weighted by atomic mass is 10.1. The minimum Gasteiger partial charge on any atom is -0.456 e. The molecule has 0 spiro atoms. The van der Waals surface area contributed by atoms with E-state index in [1.807, 2.05) is 61.5 Å². The van der Waals surface area contributed by atoms with Crippen LogP contribution in [-0.4, -0.2) is 35.7 Å². The molecular formula is C22H24N2O4S. The highest BCUT2D eigenvalue weighted by atomic mass is 32.2. The molecule has 1 heterocycles. The van der Waals surface area contributed by atoms with Crippen molar-refractivity contribution in [3.05, 3.63) is 60.2 Å². The lowest BCUT2D eigenvalue weighted by Crippen LogP contribution is -2.37. The monoisotopic (exact) mass is 412 g/mol. The summed E-state index contributed by atoms with van der Waals surface area (Å²) < 4.78 is 5.06. The lowest BCUT2D eigenvalue weighted by molar-refractivity contribution is -0.149. The van der Waals surface area contributed by atoms with Gasteiger partial charge in [0, 0.05) is 10.9 Å². The highest BCUT2D eigenvalue weighted by molar-refractivity contribution is 8.01. The third-order valence-electron chi connectivity index (χ3n) is 4.54. The van der Waals surface area contributed by atoms with Gasteiger partial charge in [-0.15, -0.1) is 11.8 Å². The van der Waals surface area contributed by atoms with Gasteiger partial charge in [-0.05, 0) is 37.5 Å². The number of para-hydroxylation sites is 1. The molecule has 1 aliphatic heterocycles. The maximum absolute atomic E-state index is 12.1. The van der Waals surface area contributed by atoms with Gasteiger partial charge < -0.3 is 15.4 Å². The molecule has 0 bridgehead atoms. The molecular weight excluding hydrogens is 388 g/mol. The van der Waals surface area contributed by atoms with Crippen LogP contribution >= 0.6 is 11.8 Å². The number of benzene rings is 2. The first-order valence-electron chi connectivity index (χ1n) is 9.56. The summed E-state index contributed by atoms with van der Waals surface area (Å²) in [5.74, 6) is -1.14. The van der Waals surface area contributed by atoms with Crippen LogP contribution in [-0.2, 0) is 25.5 Å². The van der Waals surface area contributed by atoms with Crippen molar-refractivity contribution in [1.29, 1.82) is 0 Å². The van der Waals surface area contributed by atoms with E-state index in [1.54, 1.807) is 0 Å². The third kappa shape index (κ3) is 6.35. The quantitative estimate of drug-likeness (QED) is 0.651. The van der Waals surface area contributed by atoms with Gasteiger partial charge in [0.25, 0.3) is 5.91 Å². The van der Waals surface area contributed by atoms with Crippen LogP contribution in [0.5, 0.6) is 0 Å². The Morgan fingerprint density at radius 3 is 2.66 bits per heavy atom. The number of aryl methyl sites for hydroxylation is 1. The fraction of sp³-hybridized carbons (Fsp3) is 0.318. The first-order chi connectivity index (χ1) is 14.0. The zero-order valence-electron chi connectivity index (χ0n) is 16.2. The van der Waals surface area contributed by atoms with Crippen LogP contribution in [0.1, 0.15) is 25.3 Å². The van der Waals surface area contributed by atoms with Gasteiger partial charge >= 0.3 is 5.97 Å². The molecule has 0 saturated carbocycles. The van der Waals surface area contributed by atoms with E-state index in [9.17, 15) is 14.4 Å². The number of hydrogen-bond donors (Lipinski definition) is 2. The summed E-state index contributed by atoms with van der Waals surface area (Å²) in [6.07, 6.45) is 1.57. The molecule has 2 N–H and O–H groups in total. The van der Waals surface area contributed by atoms with Crippen molar-refractivity contribution >= 4 is 35.2 Å². The van der Waals surface area contributed by atoms with Crippen molar-refractivity contribution in [2.24, 2.45) is 0 Å². The average molecular weight is 413 g/mol. The Balaban J connectivity index is 1.37. The summed E-state index contributed by atoms with van der Waals surface area (Å²) in [5, 5.41) is 5.05. The predicted molar refractivity (Wildman–Crippen MR) is 113 cm³/mol. The van der Waals surface area contributed by atoms with E-state index >= 15 is 0 Å². The number of hydrogen-bond acceptors (Lipinski definition) is 5. The molecule has 6 nitrogen and oxygen atoms in total. The number of thioether (sulfide) groups is 1. The van der Waals surface area contributed by atoms with Crippen LogP contribution < -0.4 is 10.6 Å². The van der Waals surface area contributed by atoms with Gasteiger partial charge in [0.15, 0.2) is 6.61 Å². The molecule has 0 radical (unpaired) electrons. The minimum atomic E-state index is -0.566. The van der Waals surface area contributed by atoms with E-state index < -0.39 is 11.2 Å². The SMILES string of the molecule is C[C@@H](CCc1ccccc1)NC(=O)COC(=O)C[C@H]1Sc2ccccc2NC1=O. The number of carbonyl (C=O) groups excluding carboxylic acids is 3. The zero-order valence-corrected chi connectivity index (χ0v) is 17.0. The molecule has 2 atom stereocenters. The molecule has 0 unspecified atom stereocenters. The Morgan fingerprint density at radius 1 is 1.14 bits per heavy atom. The van der Waals surface area contributed by atoms with Gasteiger partial charge in [0.1, 0.15) is 0 Å². The van der Waals surface area contributed by atoms with E-state index in [-0.39, 0.29) is 30.9 Å². The molecule has 7 heteroatoms. The number of carbonyl (C=O) groups is 3. The predicted octanol–water partition coefficient (Wildman–Crippen LogP) is 3.17. The van der Waals surface area contributed by atoms with E-state index in [4.69, 9.17) is 4.74 Å². The second-order valence-electron chi connectivity index (χ2n) is 6.95. The maximum Gasteiger partial charge on any atom is 0.307 e. The topological polar surface area (TPSA) is 84.5 Å². The molecule has 0 fully saturated rings. The summed E-state index contributed by atoms with van der Waals surface area (Å²) in [7, 11) is 0. The molecule has 0 aliphatic carbocycles. The molecule has 29 heavy (non-hydrogen) atoms. The number of rotatable bonds is 8. The zero-order chi connectivity index (χ0) is 20.6. The molecule has 0 aromatic heterocycles. The fourth-order valence-electron chi connectivity index (χ4n) is 3.00. The van der Waals surface area contributed by atoms with E-state index in [0.717, 1.165) is 23.4 Å². The van der Waals surface area contributed by atoms with Crippen molar-refractivity contribution in [3.63, 3.8) is 0 Å². The van der Waals surface area contributed by atoms with E-state index in [0.29, 0.717) is 0 Å². The Hall–Kier alpha value is -2.80. The number of ether oxygens (including phenoxy) is 1. The molecule has 0 saturated heterocycles. The molecule has 152 valence electrons. The molecule has 1 aliphatic rings. The van der Waals surface area contributed by atoms with Gasteiger partial charge in [0.2, 0.25) is 5.91 Å². The Kier molecular flexibility index (Phi) is 7.30. The number of nitrogens with one attached hydrogen (secondary N) is 2. The summed E-state index contributed by atoms with van der Waals surface area (Å²) in [4.78, 5) is 37.1. The summed E-state index contributed by atoms with van der Waals surface area (Å²) >= 11 is 1.33. The van der Waals surface area contributed by atoms with E-state index in [1.165, 1.54) is 17.3 Å². The fourth-order valence-corrected chi connectivity index (χ4v) is 4.09. The molecule has 2 aromatic rings. The van der Waals surface area contributed by atoms with Crippen molar-refractivity contribution in [1.82, 2.24) is 5.32 Å². The van der Waals surface area contributed by atoms with Crippen LogP contribution in [0.2, 0.25) is 0 Å². The lowest BCUT2D eigenvalue weighted by Gasteiger charge is -2.23. The number of amides is 2. The van der Waals surface area contributed by atoms with Gasteiger partial charge in [-0.2, -0.15) is 0 Å². The largest absolute Gasteiger partial charge is 0.456 e. The van der Waals surface area contributed by atoms with Crippen molar-refractivity contribution < 1.29 is 19.1 Å². The highest BCUT2D eigenvalue weighted by Gasteiger charge is 2.29. The summed E-state index contributed by atoms with van der Waals surface area (Å²) in [6.45, 7) is 1.58. The summed E-state index contributed by atoms with van der Waals surface area (Å²) in [6, 6.07) is 17.4. The van der Waals surface area contributed by atoms with Crippen LogP contribution in [0, 0.1) is 0 Å². The molecule has 2 aromatic carbocycles. The Bertz CT molecular complexity index is 872. The molecule has 3 rings (SSSR count). The summed E-state index contributed by atoms with van der Waals surface area (Å²) in [5.41, 5.74) is 1.96. The van der Waals surface area contributed by atoms with Gasteiger partial charge in [-0.3, -0.25) is 14.4 Å². The maximum atomic E-state index is 12.1. The van der Waals surface area contributed by atoms with Crippen molar-refractivity contribution in [2.45, 2.75) is 42.4 Å². The van der Waals surface area contributed by atoms with Crippen LogP contribution in [0.15, 0.2) is 59.5 Å². The first-order valence-corrected chi connectivity index (χ1v) is 10.4. The number of anilines is 1. The van der Waals surface area contributed by atoms with Gasteiger partial charge in [-0.25, -0.2) is 0 Å². The van der Waals surface area contributed by atoms with Crippen molar-refractivity contribution in [2.75, 3.05) is 11.9 Å². The van der Waals surface area contributed by atoms with Gasteiger partial charge in [0.05, 0.1) is 17.4 Å². The Morgan fingerprint density at radius 2 is 1.86 bits per heavy atom. The van der Waals surface area contributed by atoms with Crippen LogP contribution in [0.3, 0.4) is 0 Å². The van der Waals surface area contributed by atoms with Gasteiger partial charge in [-0.1, -0.05) is 42.5 Å². The van der Waals surface area contributed by atoms with E-state index in [2.05, 4.69) is 10.6 Å². The third-order valence-corrected chi connectivity index (χ3v) is 5.81. The van der Waals surface area contributed by atoms with Crippen LogP contribution in [0.4, 0.5) is 5.69 Å². The smallest absolute Gasteiger partial charge is 0.307 e. The second-order valence-corrected chi connectivity index (χ2v) is 8.19. The van der Waals surface area contributed by atoms with Crippen molar-refractivity contribution in [3.8, 4) is 0 Å². The second kappa shape index (κ2) is 10.1.